The minimum atomic E-state index is -0.497. The van der Waals surface area contributed by atoms with E-state index in [1.165, 1.54) is 12.1 Å². The van der Waals surface area contributed by atoms with Gasteiger partial charge in [0, 0.05) is 6.07 Å². The number of halogens is 1. The second-order valence-electron chi connectivity index (χ2n) is 2.87. The van der Waals surface area contributed by atoms with E-state index in [0.29, 0.717) is 19.0 Å². The molecule has 1 rings (SSSR count). The zero-order valence-corrected chi connectivity index (χ0v) is 8.28. The Morgan fingerprint density at radius 1 is 1.27 bits per heavy atom. The molecule has 0 saturated heterocycles. The van der Waals surface area contributed by atoms with Crippen LogP contribution in [-0.2, 0) is 4.74 Å². The van der Waals surface area contributed by atoms with E-state index in [1.807, 2.05) is 0 Å². The maximum absolute atomic E-state index is 12.9. The van der Waals surface area contributed by atoms with Crippen LogP contribution in [0.1, 0.15) is 0 Å². The number of ether oxygens (including phenoxy) is 2. The van der Waals surface area contributed by atoms with Gasteiger partial charge in [-0.05, 0) is 12.1 Å². The lowest BCUT2D eigenvalue weighted by Crippen LogP contribution is -2.09. The topological polar surface area (TPSA) is 64.7 Å². The second-order valence-corrected chi connectivity index (χ2v) is 2.87. The molecule has 0 saturated carbocycles. The van der Waals surface area contributed by atoms with Crippen LogP contribution >= 0.6 is 0 Å². The molecule has 3 N–H and O–H groups in total. The summed E-state index contributed by atoms with van der Waals surface area (Å²) in [4.78, 5) is 0. The highest BCUT2D eigenvalue weighted by atomic mass is 19.1. The Hall–Kier alpha value is -1.33. The number of rotatable bonds is 6. The molecule has 0 radical (unpaired) electrons. The highest BCUT2D eigenvalue weighted by Crippen LogP contribution is 2.17. The Labute approximate surface area is 87.4 Å². The van der Waals surface area contributed by atoms with Crippen LogP contribution in [0, 0.1) is 5.82 Å². The van der Waals surface area contributed by atoms with Gasteiger partial charge in [-0.1, -0.05) is 0 Å². The Morgan fingerprint density at radius 3 is 2.73 bits per heavy atom. The van der Waals surface area contributed by atoms with E-state index < -0.39 is 5.82 Å². The maximum Gasteiger partial charge on any atom is 0.149 e. The number of hydrogen-bond donors (Lipinski definition) is 2. The van der Waals surface area contributed by atoms with Gasteiger partial charge < -0.3 is 20.3 Å². The Kier molecular flexibility index (Phi) is 4.86. The van der Waals surface area contributed by atoms with E-state index in [2.05, 4.69) is 0 Å². The van der Waals surface area contributed by atoms with Crippen molar-refractivity contribution >= 4 is 5.69 Å². The highest BCUT2D eigenvalue weighted by molar-refractivity contribution is 5.43. The first kappa shape index (κ1) is 11.7. The molecule has 84 valence electrons. The third-order valence-corrected chi connectivity index (χ3v) is 1.70. The van der Waals surface area contributed by atoms with Crippen molar-refractivity contribution < 1.29 is 19.0 Å². The van der Waals surface area contributed by atoms with Gasteiger partial charge in [0.25, 0.3) is 0 Å². The molecule has 0 spiro atoms. The Bertz CT molecular complexity index is 307. The smallest absolute Gasteiger partial charge is 0.149 e. The number of nitrogens with two attached hydrogens (primary N) is 1. The Morgan fingerprint density at radius 2 is 2.07 bits per heavy atom. The summed E-state index contributed by atoms with van der Waals surface area (Å²) in [6, 6.07) is 4.26. The molecular weight excluding hydrogens is 201 g/mol. The van der Waals surface area contributed by atoms with Crippen molar-refractivity contribution in [1.82, 2.24) is 0 Å². The van der Waals surface area contributed by atoms with Gasteiger partial charge in [-0.2, -0.15) is 0 Å². The number of anilines is 1. The van der Waals surface area contributed by atoms with Gasteiger partial charge in [0.2, 0.25) is 0 Å². The van der Waals surface area contributed by atoms with Crippen LogP contribution in [0.5, 0.6) is 5.75 Å². The van der Waals surface area contributed by atoms with E-state index in [1.54, 1.807) is 6.07 Å². The van der Waals surface area contributed by atoms with Crippen LogP contribution in [0.15, 0.2) is 18.2 Å². The van der Waals surface area contributed by atoms with Crippen molar-refractivity contribution in [2.75, 3.05) is 32.2 Å². The molecule has 1 aromatic rings. The highest BCUT2D eigenvalue weighted by Gasteiger charge is 2.00. The summed E-state index contributed by atoms with van der Waals surface area (Å²) in [6.07, 6.45) is 0. The minimum Gasteiger partial charge on any atom is -0.491 e. The van der Waals surface area contributed by atoms with Gasteiger partial charge >= 0.3 is 0 Å². The zero-order chi connectivity index (χ0) is 11.1. The van der Waals surface area contributed by atoms with Gasteiger partial charge in [-0.3, -0.25) is 0 Å². The van der Waals surface area contributed by atoms with Crippen LogP contribution in [0.25, 0.3) is 0 Å². The summed E-state index contributed by atoms with van der Waals surface area (Å²) in [5.41, 5.74) is 5.40. The molecule has 0 bridgehead atoms. The lowest BCUT2D eigenvalue weighted by molar-refractivity contribution is 0.0704. The molecule has 0 aliphatic heterocycles. The first-order valence-corrected chi connectivity index (χ1v) is 4.60. The summed E-state index contributed by atoms with van der Waals surface area (Å²) in [5, 5.41) is 8.42. The quantitative estimate of drug-likeness (QED) is 0.544. The molecule has 0 unspecified atom stereocenters. The number of aliphatic hydroxyl groups excluding tert-OH is 1. The van der Waals surface area contributed by atoms with Crippen LogP contribution < -0.4 is 10.5 Å². The van der Waals surface area contributed by atoms with E-state index in [4.69, 9.17) is 20.3 Å². The monoisotopic (exact) mass is 215 g/mol. The van der Waals surface area contributed by atoms with Crippen LogP contribution in [0.4, 0.5) is 10.1 Å². The van der Waals surface area contributed by atoms with Crippen molar-refractivity contribution in [2.45, 2.75) is 0 Å². The summed E-state index contributed by atoms with van der Waals surface area (Å²) in [7, 11) is 0. The van der Waals surface area contributed by atoms with Crippen molar-refractivity contribution in [3.8, 4) is 5.75 Å². The molecule has 15 heavy (non-hydrogen) atoms. The average Bonchev–Trinajstić information content (AvgIpc) is 2.23. The number of aliphatic hydroxyl groups is 1. The molecule has 0 heterocycles. The number of hydrogen-bond acceptors (Lipinski definition) is 4. The average molecular weight is 215 g/mol. The van der Waals surface area contributed by atoms with E-state index in [9.17, 15) is 4.39 Å². The van der Waals surface area contributed by atoms with Gasteiger partial charge in [-0.25, -0.2) is 4.39 Å². The normalized spacial score (nSPS) is 10.3. The molecule has 1 aromatic carbocycles. The van der Waals surface area contributed by atoms with Crippen molar-refractivity contribution in [1.29, 1.82) is 0 Å². The maximum atomic E-state index is 12.9. The SMILES string of the molecule is Nc1ccc(OCCOCCO)cc1F. The minimum absolute atomic E-state index is 0.0174. The molecule has 0 aromatic heterocycles. The standard InChI is InChI=1S/C10H14FNO3/c11-9-7-8(1-2-10(9)12)15-6-5-14-4-3-13/h1-2,7,13H,3-6,12H2. The van der Waals surface area contributed by atoms with Crippen molar-refractivity contribution in [2.24, 2.45) is 0 Å². The van der Waals surface area contributed by atoms with Gasteiger partial charge in [0.15, 0.2) is 0 Å². The molecule has 0 aliphatic rings. The summed E-state index contributed by atoms with van der Waals surface area (Å²) >= 11 is 0. The lowest BCUT2D eigenvalue weighted by Gasteiger charge is -2.07. The van der Waals surface area contributed by atoms with E-state index in [-0.39, 0.29) is 18.9 Å². The van der Waals surface area contributed by atoms with Crippen molar-refractivity contribution in [3.05, 3.63) is 24.0 Å². The molecule has 0 aliphatic carbocycles. The third kappa shape index (κ3) is 4.14. The fourth-order valence-corrected chi connectivity index (χ4v) is 0.983. The molecule has 0 atom stereocenters. The van der Waals surface area contributed by atoms with Crippen LogP contribution in [-0.4, -0.2) is 31.5 Å². The van der Waals surface area contributed by atoms with Gasteiger partial charge in [0.05, 0.1) is 25.5 Å². The van der Waals surface area contributed by atoms with E-state index in [0.717, 1.165) is 0 Å². The first-order chi connectivity index (χ1) is 7.24. The van der Waals surface area contributed by atoms with Gasteiger partial charge in [-0.15, -0.1) is 0 Å². The Balaban J connectivity index is 2.28. The number of nitrogen functional groups attached to an aromatic ring is 1. The largest absolute Gasteiger partial charge is 0.491 e. The number of benzene rings is 1. The van der Waals surface area contributed by atoms with Gasteiger partial charge in [0.1, 0.15) is 18.2 Å². The van der Waals surface area contributed by atoms with Crippen LogP contribution in [0.2, 0.25) is 0 Å². The predicted octanol–water partition coefficient (Wildman–Crippen LogP) is 0.796. The third-order valence-electron chi connectivity index (χ3n) is 1.70. The summed E-state index contributed by atoms with van der Waals surface area (Å²) in [6.45, 7) is 0.922. The van der Waals surface area contributed by atoms with E-state index >= 15 is 0 Å². The molecule has 5 heteroatoms. The molecule has 0 fully saturated rings. The fourth-order valence-electron chi connectivity index (χ4n) is 0.983. The summed E-state index contributed by atoms with van der Waals surface area (Å²) in [5.74, 6) is -0.0851. The van der Waals surface area contributed by atoms with Crippen LogP contribution in [0.3, 0.4) is 0 Å². The zero-order valence-electron chi connectivity index (χ0n) is 8.28. The first-order valence-electron chi connectivity index (χ1n) is 4.60. The summed E-state index contributed by atoms with van der Waals surface area (Å²) < 4.78 is 23.1. The predicted molar refractivity (Wildman–Crippen MR) is 54.2 cm³/mol. The molecule has 4 nitrogen and oxygen atoms in total. The molecule has 0 amide bonds. The lowest BCUT2D eigenvalue weighted by atomic mass is 10.3. The second kappa shape index (κ2) is 6.21. The van der Waals surface area contributed by atoms with Crippen molar-refractivity contribution in [3.63, 3.8) is 0 Å². The molecular formula is C10H14FNO3. The fraction of sp³-hybridized carbons (Fsp3) is 0.400.